The Balaban J connectivity index is 2.53. The highest BCUT2D eigenvalue weighted by molar-refractivity contribution is 5.95. The molecule has 2 aromatic carbocycles. The summed E-state index contributed by atoms with van der Waals surface area (Å²) in [7, 11) is 0. The van der Waals surface area contributed by atoms with E-state index in [9.17, 15) is 26.3 Å². The maximum Gasteiger partial charge on any atom is 0.226 e. The molecule has 0 unspecified atom stereocenters. The molecule has 22 heavy (non-hydrogen) atoms. The van der Waals surface area contributed by atoms with Gasteiger partial charge in [-0.3, -0.25) is 0 Å². The van der Waals surface area contributed by atoms with E-state index in [2.05, 4.69) is 4.99 Å². The van der Waals surface area contributed by atoms with E-state index in [1.54, 1.807) is 0 Å². The van der Waals surface area contributed by atoms with Crippen molar-refractivity contribution >= 4 is 11.7 Å². The molecule has 2 rings (SSSR count). The molecule has 8 heteroatoms. The van der Waals surface area contributed by atoms with Crippen molar-refractivity contribution in [2.75, 3.05) is 0 Å². The summed E-state index contributed by atoms with van der Waals surface area (Å²) in [5, 5.41) is 8.82. The van der Waals surface area contributed by atoms with Gasteiger partial charge in [0.05, 0.1) is 12.3 Å². The fraction of sp³-hybridized carbons (Fsp3) is 0.0714. The predicted molar refractivity (Wildman–Crippen MR) is 65.9 cm³/mol. The normalized spacial score (nSPS) is 11.9. The smallest absolute Gasteiger partial charge is 0.226 e. The first-order valence-electron chi connectivity index (χ1n) is 5.82. The standard InChI is InChI=1S/C14H7F6NO/c15-9-8(10(16)12(18)13(19)11(9)17)14(20)21-7-3-1-6(5-22)2-4-7/h1-4,22H,5H2. The molecule has 0 aliphatic rings. The monoisotopic (exact) mass is 319 g/mol. The zero-order valence-corrected chi connectivity index (χ0v) is 10.7. The minimum atomic E-state index is -2.38. The van der Waals surface area contributed by atoms with Crippen molar-refractivity contribution in [3.63, 3.8) is 0 Å². The Labute approximate surface area is 120 Å². The van der Waals surface area contributed by atoms with Crippen LogP contribution in [0.3, 0.4) is 0 Å². The van der Waals surface area contributed by atoms with Crippen molar-refractivity contribution in [2.24, 2.45) is 4.99 Å². The Morgan fingerprint density at radius 3 is 1.73 bits per heavy atom. The van der Waals surface area contributed by atoms with Crippen LogP contribution < -0.4 is 0 Å². The summed E-state index contributed by atoms with van der Waals surface area (Å²) < 4.78 is 79.4. The summed E-state index contributed by atoms with van der Waals surface area (Å²) in [6.07, 6.45) is 0. The second-order valence-corrected chi connectivity index (χ2v) is 4.17. The van der Waals surface area contributed by atoms with E-state index in [4.69, 9.17) is 5.11 Å². The van der Waals surface area contributed by atoms with E-state index in [0.29, 0.717) is 5.56 Å². The Morgan fingerprint density at radius 2 is 1.27 bits per heavy atom. The average Bonchev–Trinajstić information content (AvgIpc) is 2.52. The van der Waals surface area contributed by atoms with Crippen molar-refractivity contribution in [2.45, 2.75) is 6.61 Å². The third-order valence-electron chi connectivity index (χ3n) is 2.76. The summed E-state index contributed by atoms with van der Waals surface area (Å²) >= 11 is 0. The van der Waals surface area contributed by atoms with Crippen LogP contribution in [0.2, 0.25) is 0 Å². The van der Waals surface area contributed by atoms with Crippen LogP contribution in [0.25, 0.3) is 0 Å². The van der Waals surface area contributed by atoms with Gasteiger partial charge in [0.15, 0.2) is 23.3 Å². The fourth-order valence-corrected chi connectivity index (χ4v) is 1.63. The first-order chi connectivity index (χ1) is 10.4. The van der Waals surface area contributed by atoms with Crippen LogP contribution in [0.4, 0.5) is 32.0 Å². The zero-order valence-electron chi connectivity index (χ0n) is 10.7. The first-order valence-corrected chi connectivity index (χ1v) is 5.82. The van der Waals surface area contributed by atoms with Gasteiger partial charge in [0.25, 0.3) is 0 Å². The number of aliphatic hydroxyl groups excluding tert-OH is 1. The molecule has 2 aromatic rings. The van der Waals surface area contributed by atoms with Crippen molar-refractivity contribution in [3.8, 4) is 0 Å². The number of hydrogen-bond acceptors (Lipinski definition) is 2. The number of benzene rings is 2. The molecular weight excluding hydrogens is 312 g/mol. The summed E-state index contributed by atoms with van der Waals surface area (Å²) in [5.41, 5.74) is -1.39. The van der Waals surface area contributed by atoms with E-state index in [1.807, 2.05) is 0 Å². The molecule has 0 heterocycles. The van der Waals surface area contributed by atoms with Crippen LogP contribution in [-0.4, -0.2) is 11.1 Å². The summed E-state index contributed by atoms with van der Waals surface area (Å²) in [4.78, 5) is 3.17. The third kappa shape index (κ3) is 2.82. The fourth-order valence-electron chi connectivity index (χ4n) is 1.63. The largest absolute Gasteiger partial charge is 0.392 e. The molecule has 0 amide bonds. The van der Waals surface area contributed by atoms with Crippen LogP contribution in [0, 0.1) is 29.1 Å². The van der Waals surface area contributed by atoms with Crippen LogP contribution in [0.1, 0.15) is 11.1 Å². The van der Waals surface area contributed by atoms with E-state index in [0.717, 1.165) is 0 Å². The molecule has 1 N–H and O–H groups in total. The molecule has 0 saturated carbocycles. The molecule has 2 nitrogen and oxygen atoms in total. The Hall–Kier alpha value is -2.35. The number of aliphatic hydroxyl groups is 1. The molecular formula is C14H7F6NO. The molecule has 0 aliphatic heterocycles. The zero-order chi connectivity index (χ0) is 16.4. The van der Waals surface area contributed by atoms with Gasteiger partial charge in [-0.2, -0.15) is 4.39 Å². The second kappa shape index (κ2) is 6.18. The van der Waals surface area contributed by atoms with Gasteiger partial charge in [0, 0.05) is 0 Å². The molecule has 0 aromatic heterocycles. The lowest BCUT2D eigenvalue weighted by Gasteiger charge is -2.06. The molecule has 0 atom stereocenters. The number of halogens is 6. The van der Waals surface area contributed by atoms with Gasteiger partial charge >= 0.3 is 0 Å². The number of rotatable bonds is 3. The van der Waals surface area contributed by atoms with Crippen LogP contribution in [-0.2, 0) is 6.61 Å². The van der Waals surface area contributed by atoms with Crippen molar-refractivity contribution in [3.05, 3.63) is 64.5 Å². The number of nitrogens with zero attached hydrogens (tertiary/aromatic N) is 1. The van der Waals surface area contributed by atoms with Gasteiger partial charge in [0.1, 0.15) is 5.56 Å². The maximum absolute atomic E-state index is 13.8. The minimum Gasteiger partial charge on any atom is -0.392 e. The van der Waals surface area contributed by atoms with Crippen molar-refractivity contribution in [1.29, 1.82) is 0 Å². The molecule has 0 fully saturated rings. The number of aliphatic imine (C=N–C) groups is 1. The molecule has 0 radical (unpaired) electrons. The lowest BCUT2D eigenvalue weighted by atomic mass is 10.1. The minimum absolute atomic E-state index is 0.126. The second-order valence-electron chi connectivity index (χ2n) is 4.17. The molecule has 0 spiro atoms. The Bertz CT molecular complexity index is 713. The first kappa shape index (κ1) is 16.0. The highest BCUT2D eigenvalue weighted by Gasteiger charge is 2.28. The van der Waals surface area contributed by atoms with E-state index in [1.165, 1.54) is 24.3 Å². The van der Waals surface area contributed by atoms with Crippen molar-refractivity contribution in [1.82, 2.24) is 0 Å². The molecule has 0 aliphatic carbocycles. The predicted octanol–water partition coefficient (Wildman–Crippen LogP) is 3.92. The molecule has 0 saturated heterocycles. The summed E-state index contributed by atoms with van der Waals surface area (Å²) in [6, 6.07) is 5.11. The quantitative estimate of drug-likeness (QED) is 0.395. The van der Waals surface area contributed by atoms with Gasteiger partial charge in [-0.25, -0.2) is 26.9 Å². The topological polar surface area (TPSA) is 32.6 Å². The van der Waals surface area contributed by atoms with Gasteiger partial charge in [-0.05, 0) is 17.7 Å². The molecule has 0 bridgehead atoms. The van der Waals surface area contributed by atoms with Gasteiger partial charge < -0.3 is 5.11 Å². The lowest BCUT2D eigenvalue weighted by Crippen LogP contribution is -2.10. The highest BCUT2D eigenvalue weighted by atomic mass is 19.2. The van der Waals surface area contributed by atoms with Crippen molar-refractivity contribution < 1.29 is 31.4 Å². The number of hydrogen-bond donors (Lipinski definition) is 1. The SMILES string of the molecule is OCc1ccc(N=C(F)c2c(F)c(F)c(F)c(F)c2F)cc1. The lowest BCUT2D eigenvalue weighted by molar-refractivity contribution is 0.282. The van der Waals surface area contributed by atoms with Crippen LogP contribution >= 0.6 is 0 Å². The van der Waals surface area contributed by atoms with Gasteiger partial charge in [0.2, 0.25) is 11.8 Å². The summed E-state index contributed by atoms with van der Waals surface area (Å²) in [5.74, 6) is -13.3. The van der Waals surface area contributed by atoms with Gasteiger partial charge in [-0.15, -0.1) is 0 Å². The average molecular weight is 319 g/mol. The van der Waals surface area contributed by atoms with E-state index >= 15 is 0 Å². The Kier molecular flexibility index (Phi) is 4.51. The third-order valence-corrected chi connectivity index (χ3v) is 2.76. The van der Waals surface area contributed by atoms with E-state index in [-0.39, 0.29) is 12.3 Å². The Morgan fingerprint density at radius 1 is 0.818 bits per heavy atom. The van der Waals surface area contributed by atoms with E-state index < -0.39 is 40.6 Å². The van der Waals surface area contributed by atoms with Gasteiger partial charge in [-0.1, -0.05) is 12.1 Å². The van der Waals surface area contributed by atoms with Crippen LogP contribution in [0.5, 0.6) is 0 Å². The summed E-state index contributed by atoms with van der Waals surface area (Å²) in [6.45, 7) is -0.288. The van der Waals surface area contributed by atoms with Crippen LogP contribution in [0.15, 0.2) is 29.3 Å². The maximum atomic E-state index is 13.8. The highest BCUT2D eigenvalue weighted by Crippen LogP contribution is 2.25. The molecule has 116 valence electrons.